The first-order valence-corrected chi connectivity index (χ1v) is 8.97. The average molecular weight is 368 g/mol. The molecule has 2 heterocycles. The van der Waals surface area contributed by atoms with E-state index in [1.165, 1.54) is 0 Å². The van der Waals surface area contributed by atoms with Gasteiger partial charge in [-0.15, -0.1) is 0 Å². The SMILES string of the molecule is Cc1ccc(-c2nc(C#N)c(N3CCN(C(=O)OC(C)(C)C)CC3)o2)cc1. The summed E-state index contributed by atoms with van der Waals surface area (Å²) in [6.07, 6.45) is -0.319. The first kappa shape index (κ1) is 18.8. The van der Waals surface area contributed by atoms with E-state index in [-0.39, 0.29) is 11.8 Å². The summed E-state index contributed by atoms with van der Waals surface area (Å²) < 4.78 is 11.3. The molecule has 1 aromatic carbocycles. The number of piperazine rings is 1. The van der Waals surface area contributed by atoms with Gasteiger partial charge in [0, 0.05) is 31.7 Å². The summed E-state index contributed by atoms with van der Waals surface area (Å²) in [5.41, 5.74) is 1.71. The number of benzene rings is 1. The van der Waals surface area contributed by atoms with Crippen molar-refractivity contribution in [1.82, 2.24) is 9.88 Å². The third-order valence-corrected chi connectivity index (χ3v) is 4.23. The van der Waals surface area contributed by atoms with Crippen LogP contribution in [0.4, 0.5) is 10.7 Å². The highest BCUT2D eigenvalue weighted by molar-refractivity contribution is 5.69. The van der Waals surface area contributed by atoms with Crippen LogP contribution in [-0.2, 0) is 4.74 Å². The van der Waals surface area contributed by atoms with E-state index in [0.717, 1.165) is 11.1 Å². The van der Waals surface area contributed by atoms with E-state index in [1.807, 2.05) is 56.9 Å². The molecule has 3 rings (SSSR count). The second-order valence-electron chi connectivity index (χ2n) is 7.61. The van der Waals surface area contributed by atoms with E-state index in [1.54, 1.807) is 4.90 Å². The lowest BCUT2D eigenvalue weighted by atomic mass is 10.1. The summed E-state index contributed by atoms with van der Waals surface area (Å²) >= 11 is 0. The van der Waals surface area contributed by atoms with Gasteiger partial charge in [0.15, 0.2) is 0 Å². The molecular formula is C20H24N4O3. The van der Waals surface area contributed by atoms with Crippen molar-refractivity contribution >= 4 is 12.0 Å². The number of carbonyl (C=O) groups is 1. The zero-order chi connectivity index (χ0) is 19.6. The Morgan fingerprint density at radius 2 is 1.81 bits per heavy atom. The number of anilines is 1. The maximum atomic E-state index is 12.2. The van der Waals surface area contributed by atoms with Crippen LogP contribution in [0.15, 0.2) is 28.7 Å². The van der Waals surface area contributed by atoms with Crippen LogP contribution in [0, 0.1) is 18.3 Å². The third kappa shape index (κ3) is 4.40. The molecule has 0 aliphatic carbocycles. The van der Waals surface area contributed by atoms with Crippen LogP contribution in [0.25, 0.3) is 11.5 Å². The van der Waals surface area contributed by atoms with Gasteiger partial charge in [-0.05, 0) is 39.8 Å². The molecule has 0 spiro atoms. The molecule has 0 saturated carbocycles. The molecule has 27 heavy (non-hydrogen) atoms. The van der Waals surface area contributed by atoms with E-state index in [2.05, 4.69) is 11.1 Å². The first-order chi connectivity index (χ1) is 12.8. The zero-order valence-electron chi connectivity index (χ0n) is 16.2. The van der Waals surface area contributed by atoms with E-state index in [0.29, 0.717) is 38.0 Å². The number of hydrogen-bond acceptors (Lipinski definition) is 6. The van der Waals surface area contributed by atoms with Crippen molar-refractivity contribution in [2.45, 2.75) is 33.3 Å². The number of oxazole rings is 1. The van der Waals surface area contributed by atoms with Gasteiger partial charge in [0.05, 0.1) is 0 Å². The molecular weight excluding hydrogens is 344 g/mol. The predicted octanol–water partition coefficient (Wildman–Crippen LogP) is 3.58. The number of hydrogen-bond donors (Lipinski definition) is 0. The number of nitrogens with zero attached hydrogens (tertiary/aromatic N) is 4. The lowest BCUT2D eigenvalue weighted by Gasteiger charge is -2.35. The average Bonchev–Trinajstić information content (AvgIpc) is 3.05. The molecule has 1 aliphatic heterocycles. The standard InChI is InChI=1S/C20H24N4O3/c1-14-5-7-15(8-6-14)17-22-16(13-21)18(26-17)23-9-11-24(12-10-23)19(25)27-20(2,3)4/h5-8H,9-12H2,1-4H3. The molecule has 1 fully saturated rings. The Morgan fingerprint density at radius 1 is 1.19 bits per heavy atom. The quantitative estimate of drug-likeness (QED) is 0.806. The van der Waals surface area contributed by atoms with Gasteiger partial charge in [-0.1, -0.05) is 17.7 Å². The largest absolute Gasteiger partial charge is 0.444 e. The maximum Gasteiger partial charge on any atom is 0.410 e. The number of amides is 1. The molecule has 0 unspecified atom stereocenters. The molecule has 0 bridgehead atoms. The molecule has 142 valence electrons. The fourth-order valence-electron chi connectivity index (χ4n) is 2.84. The van der Waals surface area contributed by atoms with Crippen LogP contribution in [0.1, 0.15) is 32.0 Å². The summed E-state index contributed by atoms with van der Waals surface area (Å²) in [6, 6.07) is 9.91. The number of aromatic nitrogens is 1. The number of rotatable bonds is 2. The molecule has 0 atom stereocenters. The minimum absolute atomic E-state index is 0.260. The van der Waals surface area contributed by atoms with Crippen LogP contribution in [0.2, 0.25) is 0 Å². The van der Waals surface area contributed by atoms with E-state index in [9.17, 15) is 10.1 Å². The fourth-order valence-corrected chi connectivity index (χ4v) is 2.84. The van der Waals surface area contributed by atoms with Crippen LogP contribution in [0.5, 0.6) is 0 Å². The summed E-state index contributed by atoms with van der Waals surface area (Å²) in [7, 11) is 0. The van der Waals surface area contributed by atoms with Crippen molar-refractivity contribution in [3.05, 3.63) is 35.5 Å². The highest BCUT2D eigenvalue weighted by Gasteiger charge is 2.29. The Kier molecular flexibility index (Phi) is 5.08. The van der Waals surface area contributed by atoms with Crippen molar-refractivity contribution in [3.63, 3.8) is 0 Å². The van der Waals surface area contributed by atoms with Gasteiger partial charge in [0.25, 0.3) is 0 Å². The van der Waals surface area contributed by atoms with E-state index in [4.69, 9.17) is 9.15 Å². The monoisotopic (exact) mass is 368 g/mol. The smallest absolute Gasteiger partial charge is 0.410 e. The van der Waals surface area contributed by atoms with Gasteiger partial charge in [-0.3, -0.25) is 0 Å². The van der Waals surface area contributed by atoms with Crippen LogP contribution < -0.4 is 4.90 Å². The summed E-state index contributed by atoms with van der Waals surface area (Å²) in [4.78, 5) is 20.1. The second kappa shape index (κ2) is 7.31. The molecule has 1 aliphatic rings. The van der Waals surface area contributed by atoms with Crippen molar-refractivity contribution in [2.75, 3.05) is 31.1 Å². The first-order valence-electron chi connectivity index (χ1n) is 8.97. The summed E-state index contributed by atoms with van der Waals surface area (Å²) in [5, 5.41) is 9.44. The molecule has 0 radical (unpaired) electrons. The van der Waals surface area contributed by atoms with Gasteiger partial charge in [-0.2, -0.15) is 10.2 Å². The van der Waals surface area contributed by atoms with Crippen LogP contribution in [-0.4, -0.2) is 47.8 Å². The van der Waals surface area contributed by atoms with Crippen LogP contribution in [0.3, 0.4) is 0 Å². The summed E-state index contributed by atoms with van der Waals surface area (Å²) in [6.45, 7) is 9.66. The fraction of sp³-hybridized carbons (Fsp3) is 0.450. The lowest BCUT2D eigenvalue weighted by molar-refractivity contribution is 0.0239. The topological polar surface area (TPSA) is 82.6 Å². The Labute approximate surface area is 159 Å². The minimum atomic E-state index is -0.518. The van der Waals surface area contributed by atoms with Crippen molar-refractivity contribution in [2.24, 2.45) is 0 Å². The van der Waals surface area contributed by atoms with Crippen LogP contribution >= 0.6 is 0 Å². The lowest BCUT2D eigenvalue weighted by Crippen LogP contribution is -2.50. The zero-order valence-corrected chi connectivity index (χ0v) is 16.2. The Morgan fingerprint density at radius 3 is 2.37 bits per heavy atom. The Hall–Kier alpha value is -3.01. The number of aryl methyl sites for hydroxylation is 1. The third-order valence-electron chi connectivity index (χ3n) is 4.23. The molecule has 7 heteroatoms. The minimum Gasteiger partial charge on any atom is -0.444 e. The van der Waals surface area contributed by atoms with Crippen molar-refractivity contribution in [1.29, 1.82) is 5.26 Å². The second-order valence-corrected chi connectivity index (χ2v) is 7.61. The van der Waals surface area contributed by atoms with Gasteiger partial charge >= 0.3 is 6.09 Å². The molecule has 1 saturated heterocycles. The normalized spacial score (nSPS) is 14.8. The Bertz CT molecular complexity index is 851. The molecule has 2 aromatic rings. The highest BCUT2D eigenvalue weighted by Crippen LogP contribution is 2.29. The van der Waals surface area contributed by atoms with Crippen molar-refractivity contribution < 1.29 is 13.9 Å². The van der Waals surface area contributed by atoms with Gasteiger partial charge in [-0.25, -0.2) is 4.79 Å². The highest BCUT2D eigenvalue weighted by atomic mass is 16.6. The number of nitriles is 1. The summed E-state index contributed by atoms with van der Waals surface area (Å²) in [5.74, 6) is 0.882. The van der Waals surface area contributed by atoms with Crippen molar-refractivity contribution in [3.8, 4) is 17.5 Å². The predicted molar refractivity (Wildman–Crippen MR) is 101 cm³/mol. The maximum absolute atomic E-state index is 12.2. The van der Waals surface area contributed by atoms with Gasteiger partial charge in [0.2, 0.25) is 17.5 Å². The molecule has 1 amide bonds. The number of carbonyl (C=O) groups excluding carboxylic acids is 1. The van der Waals surface area contributed by atoms with Gasteiger partial charge in [0.1, 0.15) is 11.7 Å². The number of ether oxygens (including phenoxy) is 1. The van der Waals surface area contributed by atoms with Gasteiger partial charge < -0.3 is 19.0 Å². The molecule has 0 N–H and O–H groups in total. The van der Waals surface area contributed by atoms with E-state index >= 15 is 0 Å². The Balaban J connectivity index is 1.72. The van der Waals surface area contributed by atoms with E-state index < -0.39 is 5.60 Å². The molecule has 1 aromatic heterocycles. The molecule has 7 nitrogen and oxygen atoms in total.